The summed E-state index contributed by atoms with van der Waals surface area (Å²) in [5.74, 6) is -0.0395. The van der Waals surface area contributed by atoms with E-state index in [0.717, 1.165) is 11.1 Å². The van der Waals surface area contributed by atoms with Crippen molar-refractivity contribution in [1.29, 1.82) is 0 Å². The van der Waals surface area contributed by atoms with Crippen LogP contribution in [0.2, 0.25) is 0 Å². The Bertz CT molecular complexity index is 1260. The predicted molar refractivity (Wildman–Crippen MR) is 142 cm³/mol. The number of hydrogen-bond donors (Lipinski definition) is 2. The van der Waals surface area contributed by atoms with Crippen molar-refractivity contribution < 1.29 is 32.6 Å². The van der Waals surface area contributed by atoms with Crippen LogP contribution in [0.1, 0.15) is 24.0 Å². The second-order valence-electron chi connectivity index (χ2n) is 9.68. The van der Waals surface area contributed by atoms with Gasteiger partial charge in [0.2, 0.25) is 0 Å². The van der Waals surface area contributed by atoms with Gasteiger partial charge < -0.3 is 18.9 Å². The molecule has 0 bridgehead atoms. The molecule has 5 rings (SSSR count). The van der Waals surface area contributed by atoms with Crippen molar-refractivity contribution in [3.8, 4) is 0 Å². The van der Waals surface area contributed by atoms with Crippen molar-refractivity contribution in [2.75, 3.05) is 17.8 Å². The molecule has 2 aliphatic heterocycles. The highest BCUT2D eigenvalue weighted by Crippen LogP contribution is 2.38. The van der Waals surface area contributed by atoms with E-state index in [1.807, 2.05) is 66.1 Å². The van der Waals surface area contributed by atoms with Crippen molar-refractivity contribution in [1.82, 2.24) is 0 Å². The van der Waals surface area contributed by atoms with Crippen molar-refractivity contribution in [2.45, 2.75) is 61.5 Å². The molecule has 8 nitrogen and oxygen atoms in total. The molecule has 0 radical (unpaired) electrons. The molecule has 2 aliphatic rings. The maximum atomic E-state index is 12.8. The first-order chi connectivity index (χ1) is 18.5. The van der Waals surface area contributed by atoms with Gasteiger partial charge in [-0.25, -0.2) is 8.42 Å². The van der Waals surface area contributed by atoms with E-state index in [0.29, 0.717) is 38.3 Å². The lowest BCUT2D eigenvalue weighted by Crippen LogP contribution is -2.37. The summed E-state index contributed by atoms with van der Waals surface area (Å²) in [6.45, 7) is 1.29. The highest BCUT2D eigenvalue weighted by Gasteiger charge is 2.51. The summed E-state index contributed by atoms with van der Waals surface area (Å²) in [5.41, 5.74) is 4.58. The van der Waals surface area contributed by atoms with E-state index in [-0.39, 0.29) is 41.2 Å². The Balaban J connectivity index is 1.19. The lowest BCUT2D eigenvalue weighted by atomic mass is 10.1. The average molecular weight is 540 g/mol. The summed E-state index contributed by atoms with van der Waals surface area (Å²) in [6, 6.07) is 25.9. The molecule has 9 heteroatoms. The fourth-order valence-electron chi connectivity index (χ4n) is 4.99. The number of benzene rings is 3. The van der Waals surface area contributed by atoms with Gasteiger partial charge in [-0.05, 0) is 41.8 Å². The van der Waals surface area contributed by atoms with Crippen LogP contribution in [0.25, 0.3) is 0 Å². The molecule has 202 valence electrons. The predicted octanol–water partition coefficient (Wildman–Crippen LogP) is 4.38. The molecular formula is C29H33NO7S. The second-order valence-corrected chi connectivity index (χ2v) is 11.8. The monoisotopic (exact) mass is 539 g/mol. The molecule has 2 fully saturated rings. The van der Waals surface area contributed by atoms with Crippen LogP contribution in [0.5, 0.6) is 0 Å². The van der Waals surface area contributed by atoms with Gasteiger partial charge in [0.05, 0.1) is 48.4 Å². The molecule has 2 heterocycles. The molecule has 0 spiro atoms. The van der Waals surface area contributed by atoms with Gasteiger partial charge in [-0.15, -0.1) is 0 Å². The number of nitrogens with one attached hydrogen (secondary N) is 1. The van der Waals surface area contributed by atoms with E-state index in [9.17, 15) is 8.42 Å². The normalized spacial score (nSPS) is 24.8. The summed E-state index contributed by atoms with van der Waals surface area (Å²) < 4.78 is 50.7. The molecule has 2 N–H and O–H groups in total. The van der Waals surface area contributed by atoms with Crippen molar-refractivity contribution in [3.05, 3.63) is 96.1 Å². The van der Waals surface area contributed by atoms with Gasteiger partial charge in [-0.2, -0.15) is 0 Å². The van der Waals surface area contributed by atoms with E-state index in [1.54, 1.807) is 0 Å². The quantitative estimate of drug-likeness (QED) is 0.327. The number of anilines is 1. The first-order valence-corrected chi connectivity index (χ1v) is 14.5. The Kier molecular flexibility index (Phi) is 8.73. The smallest absolute Gasteiger partial charge is 0.178 e. The lowest BCUT2D eigenvalue weighted by molar-refractivity contribution is -0.101. The number of sulfone groups is 1. The van der Waals surface area contributed by atoms with Gasteiger partial charge in [0, 0.05) is 6.42 Å². The molecule has 3 aromatic rings. The van der Waals surface area contributed by atoms with Crippen LogP contribution in [-0.4, -0.2) is 56.5 Å². The lowest BCUT2D eigenvalue weighted by Gasteiger charge is -2.24. The maximum absolute atomic E-state index is 12.8. The zero-order valence-corrected chi connectivity index (χ0v) is 21.8. The number of fused-ring (bicyclic) bond motifs is 1. The van der Waals surface area contributed by atoms with Crippen LogP contribution in [0.4, 0.5) is 5.69 Å². The van der Waals surface area contributed by atoms with Crippen LogP contribution in [0.15, 0.2) is 89.8 Å². The van der Waals surface area contributed by atoms with Crippen LogP contribution in [0.3, 0.4) is 0 Å². The first kappa shape index (κ1) is 26.8. The third kappa shape index (κ3) is 6.61. The molecule has 2 unspecified atom stereocenters. The molecular weight excluding hydrogens is 506 g/mol. The van der Waals surface area contributed by atoms with Crippen LogP contribution in [-0.2, 0) is 42.0 Å². The molecule has 3 aromatic carbocycles. The number of hydrogen-bond acceptors (Lipinski definition) is 8. The van der Waals surface area contributed by atoms with Crippen LogP contribution in [0, 0.1) is 0 Å². The topological polar surface area (TPSA) is 103 Å². The Labute approximate surface area is 223 Å². The Hall–Kier alpha value is -2.79. The minimum Gasteiger partial charge on any atom is -0.374 e. The third-order valence-electron chi connectivity index (χ3n) is 6.98. The van der Waals surface area contributed by atoms with Gasteiger partial charge in [-0.3, -0.25) is 10.7 Å². The largest absolute Gasteiger partial charge is 0.374 e. The molecule has 38 heavy (non-hydrogen) atoms. The fourth-order valence-corrected chi connectivity index (χ4v) is 6.35. The van der Waals surface area contributed by atoms with E-state index in [4.69, 9.17) is 24.2 Å². The third-order valence-corrected chi connectivity index (χ3v) is 8.74. The SMILES string of the molecule is O=S(=O)(CC[C@@H]1CC2O[C@H](COCc3ccccc3)[C@@H](OCc3ccccc3)C2O1)c1ccc(NO)cc1. The minimum atomic E-state index is -3.49. The van der Waals surface area contributed by atoms with Gasteiger partial charge in [0.15, 0.2) is 9.84 Å². The minimum absolute atomic E-state index is 0.0395. The van der Waals surface area contributed by atoms with Gasteiger partial charge in [0.25, 0.3) is 0 Å². The Morgan fingerprint density at radius 1 is 0.868 bits per heavy atom. The molecule has 5 atom stereocenters. The fraction of sp³-hybridized carbons (Fsp3) is 0.379. The summed E-state index contributed by atoms with van der Waals surface area (Å²) in [7, 11) is -3.49. The van der Waals surface area contributed by atoms with Gasteiger partial charge in [0.1, 0.15) is 18.3 Å². The van der Waals surface area contributed by atoms with Crippen molar-refractivity contribution >= 4 is 15.5 Å². The summed E-state index contributed by atoms with van der Waals surface area (Å²) >= 11 is 0. The average Bonchev–Trinajstić information content (AvgIpc) is 3.49. The molecule has 0 amide bonds. The zero-order valence-electron chi connectivity index (χ0n) is 21.0. The van der Waals surface area contributed by atoms with E-state index >= 15 is 0 Å². The van der Waals surface area contributed by atoms with Crippen LogP contribution < -0.4 is 5.48 Å². The molecule has 0 saturated carbocycles. The highest BCUT2D eigenvalue weighted by molar-refractivity contribution is 7.91. The molecule has 0 aliphatic carbocycles. The highest BCUT2D eigenvalue weighted by atomic mass is 32.2. The second kappa shape index (κ2) is 12.4. The summed E-state index contributed by atoms with van der Waals surface area (Å²) in [4.78, 5) is 0.214. The van der Waals surface area contributed by atoms with Crippen molar-refractivity contribution in [3.63, 3.8) is 0 Å². The van der Waals surface area contributed by atoms with Crippen molar-refractivity contribution in [2.24, 2.45) is 0 Å². The standard InChI is InChI=1S/C29H33NO7S/c31-30-23-11-13-25(14-12-23)38(32,33)16-15-24-17-26-29(36-24)28(35-19-22-9-5-2-6-10-22)27(37-26)20-34-18-21-7-3-1-4-8-21/h1-14,24,26-31H,15-20H2/t24-,26?,27-,28-,29?/m1/s1. The van der Waals surface area contributed by atoms with E-state index in [1.165, 1.54) is 24.3 Å². The first-order valence-electron chi connectivity index (χ1n) is 12.8. The van der Waals surface area contributed by atoms with Crippen LogP contribution >= 0.6 is 0 Å². The molecule has 2 saturated heterocycles. The Morgan fingerprint density at radius 3 is 2.18 bits per heavy atom. The number of rotatable bonds is 12. The van der Waals surface area contributed by atoms with E-state index in [2.05, 4.69) is 0 Å². The Morgan fingerprint density at radius 2 is 1.53 bits per heavy atom. The zero-order chi connectivity index (χ0) is 26.4. The summed E-state index contributed by atoms with van der Waals surface area (Å²) in [5, 5.41) is 8.95. The van der Waals surface area contributed by atoms with E-state index < -0.39 is 9.84 Å². The number of ether oxygens (including phenoxy) is 4. The van der Waals surface area contributed by atoms with Gasteiger partial charge in [-0.1, -0.05) is 60.7 Å². The maximum Gasteiger partial charge on any atom is 0.178 e. The van der Waals surface area contributed by atoms with Gasteiger partial charge >= 0.3 is 0 Å². The molecule has 0 aromatic heterocycles. The summed E-state index contributed by atoms with van der Waals surface area (Å²) in [6.07, 6.45) is -0.341.